The van der Waals surface area contributed by atoms with E-state index in [9.17, 15) is 14.5 Å². The summed E-state index contributed by atoms with van der Waals surface area (Å²) in [6.45, 7) is 1.87. The highest BCUT2D eigenvalue weighted by molar-refractivity contribution is 9.10. The fraction of sp³-hybridized carbons (Fsp3) is 0.167. The van der Waals surface area contributed by atoms with Gasteiger partial charge >= 0.3 is 0 Å². The Bertz CT molecular complexity index is 618. The molecule has 0 spiro atoms. The topological polar surface area (TPSA) is 55.2 Å². The van der Waals surface area contributed by atoms with Gasteiger partial charge in [-0.1, -0.05) is 0 Å². The highest BCUT2D eigenvalue weighted by Crippen LogP contribution is 2.31. The molecular weight excluding hydrogens is 335 g/mol. The summed E-state index contributed by atoms with van der Waals surface area (Å²) in [5, 5.41) is 15.8. The molecule has 7 heteroatoms. The van der Waals surface area contributed by atoms with Gasteiger partial charge in [-0.15, -0.1) is 11.3 Å². The van der Waals surface area contributed by atoms with Crippen molar-refractivity contribution in [2.75, 3.05) is 5.32 Å². The Hall–Kier alpha value is -1.47. The number of nitrogens with one attached hydrogen (secondary N) is 1. The molecule has 0 radical (unpaired) electrons. The Morgan fingerprint density at radius 2 is 2.21 bits per heavy atom. The van der Waals surface area contributed by atoms with E-state index in [-0.39, 0.29) is 17.4 Å². The summed E-state index contributed by atoms with van der Waals surface area (Å²) in [5.74, 6) is -0.507. The summed E-state index contributed by atoms with van der Waals surface area (Å²) in [4.78, 5) is 11.4. The lowest BCUT2D eigenvalue weighted by Gasteiger charge is -2.13. The summed E-state index contributed by atoms with van der Waals surface area (Å²) < 4.78 is 14.2. The van der Waals surface area contributed by atoms with Crippen LogP contribution in [0.2, 0.25) is 0 Å². The molecule has 1 aromatic carbocycles. The number of anilines is 1. The number of hydrogen-bond acceptors (Lipinski definition) is 4. The smallest absolute Gasteiger partial charge is 0.292 e. The van der Waals surface area contributed by atoms with Gasteiger partial charge in [-0.25, -0.2) is 4.39 Å². The van der Waals surface area contributed by atoms with E-state index >= 15 is 0 Å². The molecule has 1 atom stereocenters. The van der Waals surface area contributed by atoms with Crippen LogP contribution >= 0.6 is 27.3 Å². The van der Waals surface area contributed by atoms with E-state index < -0.39 is 10.7 Å². The molecule has 2 aromatic rings. The van der Waals surface area contributed by atoms with Crippen molar-refractivity contribution in [2.24, 2.45) is 0 Å². The number of nitro benzene ring substituents is 1. The van der Waals surface area contributed by atoms with Gasteiger partial charge in [0.25, 0.3) is 5.69 Å². The van der Waals surface area contributed by atoms with Crippen molar-refractivity contribution < 1.29 is 9.31 Å². The molecule has 2 rings (SSSR count). The average Bonchev–Trinajstić information content (AvgIpc) is 2.75. The summed E-state index contributed by atoms with van der Waals surface area (Å²) in [5.41, 5.74) is 0.0471. The Morgan fingerprint density at radius 1 is 1.47 bits per heavy atom. The lowest BCUT2D eigenvalue weighted by molar-refractivity contribution is -0.384. The van der Waals surface area contributed by atoms with Crippen LogP contribution in [0.15, 0.2) is 34.1 Å². The molecule has 0 saturated heterocycles. The van der Waals surface area contributed by atoms with Gasteiger partial charge in [-0.2, -0.15) is 0 Å². The molecule has 0 aliphatic carbocycles. The SMILES string of the molecule is CC(Nc1cc(F)ccc1[N+](=O)[O-])c1cc(Br)cs1. The van der Waals surface area contributed by atoms with E-state index in [1.54, 1.807) is 0 Å². The second-order valence-corrected chi connectivity index (χ2v) is 5.81. The molecule has 0 amide bonds. The second kappa shape index (κ2) is 5.66. The Labute approximate surface area is 121 Å². The molecule has 0 aliphatic rings. The van der Waals surface area contributed by atoms with Crippen molar-refractivity contribution in [3.05, 3.63) is 54.9 Å². The number of nitro groups is 1. The molecule has 100 valence electrons. The third kappa shape index (κ3) is 3.30. The normalized spacial score (nSPS) is 12.2. The van der Waals surface area contributed by atoms with Crippen LogP contribution in [0.1, 0.15) is 17.8 Å². The highest BCUT2D eigenvalue weighted by atomic mass is 79.9. The van der Waals surface area contributed by atoms with Crippen molar-refractivity contribution in [3.63, 3.8) is 0 Å². The molecule has 0 aliphatic heterocycles. The molecular formula is C12H10BrFN2O2S. The standard InChI is InChI=1S/C12H10BrFN2O2S/c1-7(12-4-8(13)6-19-12)15-10-5-9(14)2-3-11(10)16(17)18/h2-7,15H,1H3. The van der Waals surface area contributed by atoms with Crippen LogP contribution in [0.4, 0.5) is 15.8 Å². The van der Waals surface area contributed by atoms with Crippen molar-refractivity contribution in [1.82, 2.24) is 0 Å². The van der Waals surface area contributed by atoms with Crippen LogP contribution in [-0.4, -0.2) is 4.92 Å². The highest BCUT2D eigenvalue weighted by Gasteiger charge is 2.17. The van der Waals surface area contributed by atoms with Crippen molar-refractivity contribution in [1.29, 1.82) is 0 Å². The fourth-order valence-corrected chi connectivity index (χ4v) is 3.10. The maximum atomic E-state index is 13.2. The number of thiophene rings is 1. The fourth-order valence-electron chi connectivity index (χ4n) is 1.64. The zero-order chi connectivity index (χ0) is 14.0. The molecule has 4 nitrogen and oxygen atoms in total. The van der Waals surface area contributed by atoms with Crippen molar-refractivity contribution in [3.8, 4) is 0 Å². The maximum Gasteiger partial charge on any atom is 0.292 e. The summed E-state index contributed by atoms with van der Waals surface area (Å²) in [6.07, 6.45) is 0. The first-order valence-electron chi connectivity index (χ1n) is 5.42. The number of rotatable bonds is 4. The lowest BCUT2D eigenvalue weighted by atomic mass is 10.2. The minimum atomic E-state index is -0.529. The molecule has 1 aromatic heterocycles. The quantitative estimate of drug-likeness (QED) is 0.644. The first-order chi connectivity index (χ1) is 8.97. The largest absolute Gasteiger partial charge is 0.372 e. The molecule has 0 fully saturated rings. The van der Waals surface area contributed by atoms with Gasteiger partial charge in [0.05, 0.1) is 11.0 Å². The predicted molar refractivity (Wildman–Crippen MR) is 77.1 cm³/mol. The zero-order valence-corrected chi connectivity index (χ0v) is 12.3. The van der Waals surface area contributed by atoms with Gasteiger partial charge in [0.15, 0.2) is 0 Å². The van der Waals surface area contributed by atoms with Gasteiger partial charge in [-0.05, 0) is 35.0 Å². The minimum Gasteiger partial charge on any atom is -0.372 e. The molecule has 0 saturated carbocycles. The van der Waals surface area contributed by atoms with Gasteiger partial charge in [0.1, 0.15) is 11.5 Å². The van der Waals surface area contributed by atoms with Crippen LogP contribution in [-0.2, 0) is 0 Å². The zero-order valence-electron chi connectivity index (χ0n) is 9.89. The summed E-state index contributed by atoms with van der Waals surface area (Å²) >= 11 is 4.87. The minimum absolute atomic E-state index is 0.135. The Balaban J connectivity index is 2.27. The molecule has 1 heterocycles. The number of nitrogens with zero attached hydrogens (tertiary/aromatic N) is 1. The third-order valence-electron chi connectivity index (χ3n) is 2.54. The number of hydrogen-bond donors (Lipinski definition) is 1. The van der Waals surface area contributed by atoms with E-state index in [0.717, 1.165) is 27.5 Å². The van der Waals surface area contributed by atoms with E-state index in [1.807, 2.05) is 18.4 Å². The predicted octanol–water partition coefficient (Wildman–Crippen LogP) is 4.73. The molecule has 19 heavy (non-hydrogen) atoms. The molecule has 1 N–H and O–H groups in total. The molecule has 1 unspecified atom stereocenters. The van der Waals surface area contributed by atoms with Crippen molar-refractivity contribution >= 4 is 38.6 Å². The van der Waals surface area contributed by atoms with Crippen LogP contribution in [0.3, 0.4) is 0 Å². The van der Waals surface area contributed by atoms with E-state index in [1.165, 1.54) is 11.3 Å². The van der Waals surface area contributed by atoms with E-state index in [4.69, 9.17) is 0 Å². The first-order valence-corrected chi connectivity index (χ1v) is 7.09. The van der Waals surface area contributed by atoms with Gasteiger partial charge < -0.3 is 5.32 Å². The van der Waals surface area contributed by atoms with Crippen molar-refractivity contribution in [2.45, 2.75) is 13.0 Å². The second-order valence-electron chi connectivity index (χ2n) is 3.95. The third-order valence-corrected chi connectivity index (χ3v) is 4.42. The Kier molecular flexibility index (Phi) is 4.16. The lowest BCUT2D eigenvalue weighted by Crippen LogP contribution is -2.07. The van der Waals surface area contributed by atoms with E-state index in [2.05, 4.69) is 21.2 Å². The Morgan fingerprint density at radius 3 is 2.79 bits per heavy atom. The average molecular weight is 345 g/mol. The number of halogens is 2. The summed E-state index contributed by atoms with van der Waals surface area (Å²) in [6, 6.07) is 5.16. The van der Waals surface area contributed by atoms with Crippen LogP contribution in [0.25, 0.3) is 0 Å². The van der Waals surface area contributed by atoms with Crippen LogP contribution < -0.4 is 5.32 Å². The van der Waals surface area contributed by atoms with Gasteiger partial charge in [0.2, 0.25) is 0 Å². The number of benzene rings is 1. The van der Waals surface area contributed by atoms with Gasteiger partial charge in [0, 0.05) is 26.9 Å². The van der Waals surface area contributed by atoms with Crippen LogP contribution in [0.5, 0.6) is 0 Å². The summed E-state index contributed by atoms with van der Waals surface area (Å²) in [7, 11) is 0. The maximum absolute atomic E-state index is 13.2. The molecule has 0 bridgehead atoms. The first kappa shape index (κ1) is 14.0. The van der Waals surface area contributed by atoms with Gasteiger partial charge in [-0.3, -0.25) is 10.1 Å². The van der Waals surface area contributed by atoms with Crippen LogP contribution in [0, 0.1) is 15.9 Å². The van der Waals surface area contributed by atoms with E-state index in [0.29, 0.717) is 0 Å². The monoisotopic (exact) mass is 344 g/mol.